The summed E-state index contributed by atoms with van der Waals surface area (Å²) in [5.41, 5.74) is -2.65. The Morgan fingerprint density at radius 3 is 2.67 bits per heavy atom. The molecule has 8 atom stereocenters. The maximum absolute atomic E-state index is 17.9. The molecule has 2 N–H and O–H groups in total. The summed E-state index contributed by atoms with van der Waals surface area (Å²) in [5, 5.41) is 33.2. The van der Waals surface area contributed by atoms with Crippen LogP contribution in [0.1, 0.15) is 58.3 Å². The number of aliphatic hydroxyl groups excluding tert-OH is 2. The van der Waals surface area contributed by atoms with E-state index in [1.807, 2.05) is 45.1 Å². The fraction of sp³-hybridized carbons (Fsp3) is 0.688. The summed E-state index contributed by atoms with van der Waals surface area (Å²) >= 11 is 5.16. The molecule has 1 saturated heterocycles. The van der Waals surface area contributed by atoms with E-state index in [9.17, 15) is 10.2 Å². The van der Waals surface area contributed by atoms with Crippen LogP contribution < -0.4 is 0 Å². The molecule has 11 heteroatoms. The molecule has 1 aromatic heterocycles. The number of ether oxygens (including phenoxy) is 2. The van der Waals surface area contributed by atoms with E-state index in [1.165, 1.54) is 4.88 Å². The van der Waals surface area contributed by atoms with E-state index in [1.54, 1.807) is 30.4 Å². The average Bonchev–Trinajstić information content (AvgIpc) is 3.54. The van der Waals surface area contributed by atoms with Crippen LogP contribution in [0, 0.1) is 22.7 Å². The molecule has 1 aromatic rings. The lowest BCUT2D eigenvalue weighted by Crippen LogP contribution is -2.70. The fourth-order valence-corrected chi connectivity index (χ4v) is 10.6. The molecule has 236 valence electrons. The third-order valence-corrected chi connectivity index (χ3v) is 12.5. The number of alkyl halides is 1. The van der Waals surface area contributed by atoms with Gasteiger partial charge in [-0.15, -0.1) is 11.3 Å². The Morgan fingerprint density at radius 1 is 1.23 bits per heavy atom. The zero-order valence-corrected chi connectivity index (χ0v) is 28.2. The molecular weight excluding hydrogens is 637 g/mol. The normalized spacial score (nSPS) is 42.2. The summed E-state index contributed by atoms with van der Waals surface area (Å²) in [6, 6.07) is 4.09. The summed E-state index contributed by atoms with van der Waals surface area (Å²) in [4.78, 5) is 6.84. The summed E-state index contributed by atoms with van der Waals surface area (Å²) in [6.45, 7) is 7.85. The van der Waals surface area contributed by atoms with E-state index >= 15 is 4.39 Å². The number of oxime groups is 1. The minimum atomic E-state index is -1.90. The van der Waals surface area contributed by atoms with Gasteiger partial charge in [0.1, 0.15) is 17.9 Å². The van der Waals surface area contributed by atoms with Crippen LogP contribution in [0.2, 0.25) is 0 Å². The number of hydrazone groups is 1. The number of thiophene rings is 1. The zero-order valence-electron chi connectivity index (χ0n) is 25.8. The van der Waals surface area contributed by atoms with Crippen molar-refractivity contribution in [2.45, 2.75) is 89.1 Å². The van der Waals surface area contributed by atoms with Crippen molar-refractivity contribution in [3.8, 4) is 0 Å². The Morgan fingerprint density at radius 2 is 2.00 bits per heavy atom. The Balaban J connectivity index is 1.29. The summed E-state index contributed by atoms with van der Waals surface area (Å²) < 4.78 is 32.2. The SMILES string of the molecule is CN(C)N=C(CO)[C@@]12OC(C)(C)O[C@@H]1C[C@H]1[C@@H]3CCC4=C/C(=N/OCCc5ccc(Br)s5)C=C[C@]4(C)[C@@]3(F)[C@@H](O)C[C@@]12C. The number of aliphatic hydroxyl groups is 2. The fourth-order valence-electron chi connectivity index (χ4n) is 9.11. The minimum Gasteiger partial charge on any atom is -0.395 e. The molecule has 5 aliphatic rings. The van der Waals surface area contributed by atoms with Crippen LogP contribution >= 0.6 is 27.3 Å². The summed E-state index contributed by atoms with van der Waals surface area (Å²) in [7, 11) is 3.60. The summed E-state index contributed by atoms with van der Waals surface area (Å²) in [6.07, 6.45) is 6.70. The number of halogens is 2. The van der Waals surface area contributed by atoms with Crippen molar-refractivity contribution < 1.29 is 28.9 Å². The second kappa shape index (κ2) is 10.7. The van der Waals surface area contributed by atoms with Crippen molar-refractivity contribution >= 4 is 38.7 Å². The van der Waals surface area contributed by atoms with E-state index in [0.717, 1.165) is 15.8 Å². The van der Waals surface area contributed by atoms with Crippen molar-refractivity contribution in [3.63, 3.8) is 0 Å². The number of hydrogen-bond donors (Lipinski definition) is 2. The molecule has 8 nitrogen and oxygen atoms in total. The quantitative estimate of drug-likeness (QED) is 0.220. The predicted octanol–water partition coefficient (Wildman–Crippen LogP) is 5.64. The Hall–Kier alpha value is -1.63. The molecule has 43 heavy (non-hydrogen) atoms. The van der Waals surface area contributed by atoms with Gasteiger partial charge in [0, 0.05) is 42.1 Å². The van der Waals surface area contributed by atoms with Crippen molar-refractivity contribution in [1.82, 2.24) is 5.01 Å². The molecule has 6 rings (SSSR count). The largest absolute Gasteiger partial charge is 0.395 e. The first-order valence-electron chi connectivity index (χ1n) is 15.2. The molecule has 4 fully saturated rings. The second-order valence-corrected chi connectivity index (χ2v) is 16.3. The van der Waals surface area contributed by atoms with E-state index in [-0.39, 0.29) is 18.9 Å². The predicted molar refractivity (Wildman–Crippen MR) is 169 cm³/mol. The number of hydrogen-bond acceptors (Lipinski definition) is 9. The number of nitrogens with zero attached hydrogens (tertiary/aromatic N) is 3. The van der Waals surface area contributed by atoms with Crippen LogP contribution in [-0.2, 0) is 20.7 Å². The molecule has 0 radical (unpaired) electrons. The van der Waals surface area contributed by atoms with Crippen molar-refractivity contribution in [1.29, 1.82) is 0 Å². The van der Waals surface area contributed by atoms with E-state index in [2.05, 4.69) is 39.2 Å². The van der Waals surface area contributed by atoms with Gasteiger partial charge < -0.3 is 29.5 Å². The van der Waals surface area contributed by atoms with Crippen LogP contribution in [0.25, 0.3) is 0 Å². The number of allylic oxidation sites excluding steroid dienone is 4. The lowest BCUT2D eigenvalue weighted by atomic mass is 9.44. The molecule has 0 bridgehead atoms. The van der Waals surface area contributed by atoms with Crippen LogP contribution in [0.5, 0.6) is 0 Å². The van der Waals surface area contributed by atoms with Crippen LogP contribution in [0.15, 0.2) is 50.0 Å². The molecule has 0 spiro atoms. The van der Waals surface area contributed by atoms with Crippen LogP contribution in [0.3, 0.4) is 0 Å². The third kappa shape index (κ3) is 4.62. The highest BCUT2D eigenvalue weighted by molar-refractivity contribution is 9.11. The van der Waals surface area contributed by atoms with Crippen LogP contribution in [-0.4, -0.2) is 83.2 Å². The zero-order chi connectivity index (χ0) is 31.0. The maximum atomic E-state index is 17.9. The molecule has 0 amide bonds. The van der Waals surface area contributed by atoms with Gasteiger partial charge in [-0.25, -0.2) is 4.39 Å². The first-order valence-corrected chi connectivity index (χ1v) is 16.8. The highest BCUT2D eigenvalue weighted by Crippen LogP contribution is 2.72. The van der Waals surface area contributed by atoms with Crippen molar-refractivity contribution in [3.05, 3.63) is 44.6 Å². The Kier molecular flexibility index (Phi) is 7.82. The Bertz CT molecular complexity index is 1390. The molecule has 0 unspecified atom stereocenters. The van der Waals surface area contributed by atoms with Crippen molar-refractivity contribution in [2.75, 3.05) is 27.3 Å². The first-order chi connectivity index (χ1) is 20.2. The van der Waals surface area contributed by atoms with Gasteiger partial charge in [-0.3, -0.25) is 0 Å². The standard InChI is InChI=1S/C32H43BrFN3O5S/c1-28(2)41-26-16-23-22-9-7-19-15-20(36-40-14-12-21-8-10-27(33)43-21)11-13-29(19,3)31(22,34)25(39)17-30(23,4)32(26,42-28)24(18-38)35-37(5)6/h8,10-11,13,15,22-23,25-26,38-39H,7,9,12,14,16-18H2,1-6H3/b35-24?,36-20+/t22-,23-,25-,26+,29-,30-,31-,32+/m0/s1. The Labute approximate surface area is 265 Å². The molecule has 0 aromatic carbocycles. The van der Waals surface area contributed by atoms with Gasteiger partial charge >= 0.3 is 0 Å². The minimum absolute atomic E-state index is 0.150. The van der Waals surface area contributed by atoms with Gasteiger partial charge in [-0.05, 0) is 92.6 Å². The number of rotatable bonds is 7. The second-order valence-electron chi connectivity index (χ2n) is 13.8. The van der Waals surface area contributed by atoms with Gasteiger partial charge in [-0.1, -0.05) is 23.7 Å². The van der Waals surface area contributed by atoms with Gasteiger partial charge in [0.25, 0.3) is 0 Å². The summed E-state index contributed by atoms with van der Waals surface area (Å²) in [5.74, 6) is -1.50. The first kappa shape index (κ1) is 31.4. The molecule has 4 aliphatic carbocycles. The topological polar surface area (TPSA) is 96.1 Å². The van der Waals surface area contributed by atoms with Gasteiger partial charge in [0.2, 0.25) is 0 Å². The highest BCUT2D eigenvalue weighted by Gasteiger charge is 2.79. The third-order valence-electron chi connectivity index (χ3n) is 10.8. The maximum Gasteiger partial charge on any atom is 0.164 e. The van der Waals surface area contributed by atoms with E-state index < -0.39 is 46.0 Å². The van der Waals surface area contributed by atoms with Gasteiger partial charge in [0.15, 0.2) is 11.5 Å². The molecule has 2 heterocycles. The molecule has 1 aliphatic heterocycles. The smallest absolute Gasteiger partial charge is 0.164 e. The lowest BCUT2D eigenvalue weighted by Gasteiger charge is -2.63. The average molecular weight is 681 g/mol. The van der Waals surface area contributed by atoms with E-state index in [0.29, 0.717) is 37.3 Å². The van der Waals surface area contributed by atoms with Gasteiger partial charge in [-0.2, -0.15) is 5.10 Å². The van der Waals surface area contributed by atoms with Crippen molar-refractivity contribution in [2.24, 2.45) is 32.9 Å². The molecular formula is C32H43BrFN3O5S. The number of fused-ring (bicyclic) bond motifs is 7. The van der Waals surface area contributed by atoms with Gasteiger partial charge in [0.05, 0.1) is 28.3 Å². The lowest BCUT2D eigenvalue weighted by molar-refractivity contribution is -0.236. The highest BCUT2D eigenvalue weighted by atomic mass is 79.9. The van der Waals surface area contributed by atoms with Crippen LogP contribution in [0.4, 0.5) is 4.39 Å². The monoisotopic (exact) mass is 679 g/mol. The molecule has 3 saturated carbocycles. The van der Waals surface area contributed by atoms with E-state index in [4.69, 9.17) is 14.3 Å².